The average Bonchev–Trinajstić information content (AvgIpc) is 2.73. The van der Waals surface area contributed by atoms with Gasteiger partial charge in [-0.3, -0.25) is 9.78 Å². The Morgan fingerprint density at radius 1 is 1.22 bits per heavy atom. The van der Waals surface area contributed by atoms with Gasteiger partial charge in [0.05, 0.1) is 18.1 Å². The number of carbonyl (C=O) groups is 1. The quantitative estimate of drug-likeness (QED) is 0.788. The van der Waals surface area contributed by atoms with Crippen molar-refractivity contribution < 1.29 is 14.6 Å². The van der Waals surface area contributed by atoms with Gasteiger partial charge in [-0.25, -0.2) is 0 Å². The van der Waals surface area contributed by atoms with Crippen LogP contribution in [-0.2, 0) is 16.0 Å². The van der Waals surface area contributed by atoms with Crippen LogP contribution < -0.4 is 5.32 Å². The first-order valence-electron chi connectivity index (χ1n) is 9.66. The van der Waals surface area contributed by atoms with Gasteiger partial charge in [0.25, 0.3) is 0 Å². The number of ether oxygens (including phenoxy) is 1. The number of benzene rings is 1. The zero-order valence-corrected chi connectivity index (χ0v) is 15.9. The van der Waals surface area contributed by atoms with Crippen LogP contribution in [0.25, 0.3) is 11.1 Å². The molecule has 0 unspecified atom stereocenters. The number of pyridine rings is 1. The van der Waals surface area contributed by atoms with Crippen LogP contribution >= 0.6 is 0 Å². The molecule has 5 heteroatoms. The molecular formula is C22H28N2O3. The van der Waals surface area contributed by atoms with Gasteiger partial charge in [-0.05, 0) is 54.5 Å². The van der Waals surface area contributed by atoms with Crippen LogP contribution in [0, 0.1) is 5.41 Å². The minimum absolute atomic E-state index is 0.0287. The maximum Gasteiger partial charge on any atom is 0.227 e. The van der Waals surface area contributed by atoms with Crippen molar-refractivity contribution in [3.63, 3.8) is 0 Å². The summed E-state index contributed by atoms with van der Waals surface area (Å²) in [5.41, 5.74) is 2.89. The van der Waals surface area contributed by atoms with E-state index in [0.717, 1.165) is 16.7 Å². The van der Waals surface area contributed by atoms with E-state index in [9.17, 15) is 9.90 Å². The van der Waals surface area contributed by atoms with Crippen LogP contribution in [0.2, 0.25) is 0 Å². The molecule has 27 heavy (non-hydrogen) atoms. The van der Waals surface area contributed by atoms with E-state index in [1.165, 1.54) is 0 Å². The predicted octanol–water partition coefficient (Wildman–Crippen LogP) is 2.98. The molecule has 2 N–H and O–H groups in total. The molecule has 0 saturated carbocycles. The Balaban J connectivity index is 1.83. The van der Waals surface area contributed by atoms with Gasteiger partial charge in [-0.15, -0.1) is 0 Å². The van der Waals surface area contributed by atoms with E-state index in [1.54, 1.807) is 12.4 Å². The molecule has 0 spiro atoms. The number of aliphatic hydroxyl groups is 1. The highest BCUT2D eigenvalue weighted by atomic mass is 16.5. The summed E-state index contributed by atoms with van der Waals surface area (Å²) in [5, 5.41) is 12.5. The molecule has 1 atom stereocenters. The molecule has 2 aromatic rings. The van der Waals surface area contributed by atoms with Crippen molar-refractivity contribution in [1.29, 1.82) is 0 Å². The Labute approximate surface area is 160 Å². The SMILES string of the molecule is CC[C@H](CO)NC(=O)C1(Cc2cccc(-c3ccncc3)c2)CCOCC1. The summed E-state index contributed by atoms with van der Waals surface area (Å²) >= 11 is 0. The van der Waals surface area contributed by atoms with E-state index in [0.29, 0.717) is 38.9 Å². The minimum atomic E-state index is -0.488. The molecule has 1 aliphatic rings. The molecule has 0 bridgehead atoms. The van der Waals surface area contributed by atoms with Crippen LogP contribution in [0.1, 0.15) is 31.7 Å². The molecular weight excluding hydrogens is 340 g/mol. The lowest BCUT2D eigenvalue weighted by Gasteiger charge is -2.37. The molecule has 1 saturated heterocycles. The van der Waals surface area contributed by atoms with Crippen LogP contribution in [0.15, 0.2) is 48.8 Å². The Morgan fingerprint density at radius 3 is 2.63 bits per heavy atom. The zero-order chi connectivity index (χ0) is 19.1. The molecule has 2 heterocycles. The highest BCUT2D eigenvalue weighted by Gasteiger charge is 2.40. The van der Waals surface area contributed by atoms with E-state index < -0.39 is 5.41 Å². The van der Waals surface area contributed by atoms with E-state index in [4.69, 9.17) is 4.74 Å². The molecule has 1 aliphatic heterocycles. The van der Waals surface area contributed by atoms with E-state index >= 15 is 0 Å². The van der Waals surface area contributed by atoms with Crippen molar-refractivity contribution >= 4 is 5.91 Å². The molecule has 3 rings (SSSR count). The highest BCUT2D eigenvalue weighted by molar-refractivity contribution is 5.83. The van der Waals surface area contributed by atoms with Crippen LogP contribution in [0.4, 0.5) is 0 Å². The second-order valence-electron chi connectivity index (χ2n) is 7.27. The number of aliphatic hydroxyl groups excluding tert-OH is 1. The molecule has 144 valence electrons. The van der Waals surface area contributed by atoms with E-state index in [1.807, 2.05) is 25.1 Å². The van der Waals surface area contributed by atoms with Crippen molar-refractivity contribution in [3.8, 4) is 11.1 Å². The first-order chi connectivity index (χ1) is 13.2. The summed E-state index contributed by atoms with van der Waals surface area (Å²) in [6.07, 6.45) is 6.35. The Bertz CT molecular complexity index is 738. The third-order valence-corrected chi connectivity index (χ3v) is 5.46. The number of hydrogen-bond donors (Lipinski definition) is 2. The molecule has 0 aliphatic carbocycles. The van der Waals surface area contributed by atoms with Crippen molar-refractivity contribution in [2.75, 3.05) is 19.8 Å². The number of nitrogens with zero attached hydrogens (tertiary/aromatic N) is 1. The molecule has 1 fully saturated rings. The second kappa shape index (κ2) is 9.11. The molecule has 1 aromatic heterocycles. The van der Waals surface area contributed by atoms with Gasteiger partial charge < -0.3 is 15.2 Å². The van der Waals surface area contributed by atoms with E-state index in [-0.39, 0.29) is 18.6 Å². The normalized spacial score (nSPS) is 17.3. The Kier molecular flexibility index (Phi) is 6.58. The maximum atomic E-state index is 13.1. The lowest BCUT2D eigenvalue weighted by molar-refractivity contribution is -0.137. The fourth-order valence-corrected chi connectivity index (χ4v) is 3.66. The van der Waals surface area contributed by atoms with Gasteiger partial charge in [0.1, 0.15) is 0 Å². The fraction of sp³-hybridized carbons (Fsp3) is 0.455. The topological polar surface area (TPSA) is 71.5 Å². The standard InChI is InChI=1S/C22H28N2O3/c1-2-20(16-25)24-21(26)22(8-12-27-13-9-22)15-17-4-3-5-19(14-17)18-6-10-23-11-7-18/h3-7,10-11,14,20,25H,2,8-9,12-13,15-16H2,1H3,(H,24,26)/t20-/m1/s1. The van der Waals surface area contributed by atoms with E-state index in [2.05, 4.69) is 28.5 Å². The van der Waals surface area contributed by atoms with Gasteiger partial charge in [0.2, 0.25) is 5.91 Å². The third kappa shape index (κ3) is 4.73. The Hall–Kier alpha value is -2.24. The average molecular weight is 368 g/mol. The minimum Gasteiger partial charge on any atom is -0.394 e. The van der Waals surface area contributed by atoms with Gasteiger partial charge >= 0.3 is 0 Å². The number of hydrogen-bond acceptors (Lipinski definition) is 4. The maximum absolute atomic E-state index is 13.1. The summed E-state index contributed by atoms with van der Waals surface area (Å²) in [4.78, 5) is 17.2. The van der Waals surface area contributed by atoms with Crippen molar-refractivity contribution in [2.24, 2.45) is 5.41 Å². The summed E-state index contributed by atoms with van der Waals surface area (Å²) in [5.74, 6) is 0.0287. The zero-order valence-electron chi connectivity index (χ0n) is 15.9. The van der Waals surface area contributed by atoms with Gasteiger partial charge in [0, 0.05) is 25.6 Å². The van der Waals surface area contributed by atoms with Crippen LogP contribution in [0.5, 0.6) is 0 Å². The lowest BCUT2D eigenvalue weighted by Crippen LogP contribution is -2.50. The first-order valence-corrected chi connectivity index (χ1v) is 9.66. The number of nitrogens with one attached hydrogen (secondary N) is 1. The highest BCUT2D eigenvalue weighted by Crippen LogP contribution is 2.36. The number of aromatic nitrogens is 1. The lowest BCUT2D eigenvalue weighted by atomic mass is 9.74. The summed E-state index contributed by atoms with van der Waals surface area (Å²) in [6, 6.07) is 12.1. The Morgan fingerprint density at radius 2 is 1.96 bits per heavy atom. The monoisotopic (exact) mass is 368 g/mol. The molecule has 1 amide bonds. The third-order valence-electron chi connectivity index (χ3n) is 5.46. The van der Waals surface area contributed by atoms with Gasteiger partial charge in [0.15, 0.2) is 0 Å². The summed E-state index contributed by atoms with van der Waals surface area (Å²) < 4.78 is 5.53. The smallest absolute Gasteiger partial charge is 0.227 e. The predicted molar refractivity (Wildman–Crippen MR) is 105 cm³/mol. The molecule has 5 nitrogen and oxygen atoms in total. The number of carbonyl (C=O) groups excluding carboxylic acids is 1. The van der Waals surface area contributed by atoms with Gasteiger partial charge in [-0.1, -0.05) is 31.2 Å². The number of amides is 1. The van der Waals surface area contributed by atoms with Gasteiger partial charge in [-0.2, -0.15) is 0 Å². The van der Waals surface area contributed by atoms with Crippen molar-refractivity contribution in [2.45, 2.75) is 38.6 Å². The number of rotatable bonds is 7. The van der Waals surface area contributed by atoms with Crippen molar-refractivity contribution in [1.82, 2.24) is 10.3 Å². The molecule has 0 radical (unpaired) electrons. The van der Waals surface area contributed by atoms with Crippen LogP contribution in [-0.4, -0.2) is 41.9 Å². The summed E-state index contributed by atoms with van der Waals surface area (Å²) in [6.45, 7) is 3.11. The summed E-state index contributed by atoms with van der Waals surface area (Å²) in [7, 11) is 0. The first kappa shape index (κ1) is 19.5. The van der Waals surface area contributed by atoms with Crippen molar-refractivity contribution in [3.05, 3.63) is 54.4 Å². The largest absolute Gasteiger partial charge is 0.394 e. The second-order valence-corrected chi connectivity index (χ2v) is 7.27. The molecule has 1 aromatic carbocycles. The van der Waals surface area contributed by atoms with Crippen LogP contribution in [0.3, 0.4) is 0 Å². The fourth-order valence-electron chi connectivity index (χ4n) is 3.66.